The summed E-state index contributed by atoms with van der Waals surface area (Å²) in [6, 6.07) is 12.6. The minimum Gasteiger partial charge on any atom is -0.373 e. The number of carbonyl (C=O) groups is 1. The molecule has 5 rings (SSSR count). The van der Waals surface area contributed by atoms with Gasteiger partial charge in [0.15, 0.2) is 0 Å². The van der Waals surface area contributed by atoms with Crippen LogP contribution in [0.4, 0.5) is 0 Å². The summed E-state index contributed by atoms with van der Waals surface area (Å²) in [5.41, 5.74) is 2.09. The first kappa shape index (κ1) is 17.9. The number of ether oxygens (including phenoxy) is 1. The predicted octanol–water partition coefficient (Wildman–Crippen LogP) is 3.73. The number of rotatable bonds is 3. The molecule has 1 aromatic heterocycles. The van der Waals surface area contributed by atoms with Crippen LogP contribution in [-0.4, -0.2) is 28.3 Å². The zero-order valence-corrected chi connectivity index (χ0v) is 16.9. The van der Waals surface area contributed by atoms with Gasteiger partial charge in [0.2, 0.25) is 0 Å². The number of aromatic nitrogens is 2. The highest BCUT2D eigenvalue weighted by Crippen LogP contribution is 2.70. The summed E-state index contributed by atoms with van der Waals surface area (Å²) >= 11 is 0. The highest BCUT2D eigenvalue weighted by molar-refractivity contribution is 5.92. The summed E-state index contributed by atoms with van der Waals surface area (Å²) in [5, 5.41) is 7.61. The maximum absolute atomic E-state index is 13.1. The second-order valence-corrected chi connectivity index (χ2v) is 9.50. The molecule has 5 atom stereocenters. The van der Waals surface area contributed by atoms with Crippen molar-refractivity contribution in [3.05, 3.63) is 53.9 Å². The molecule has 5 heteroatoms. The van der Waals surface area contributed by atoms with Gasteiger partial charge in [-0.3, -0.25) is 9.48 Å². The molecule has 28 heavy (non-hydrogen) atoms. The third kappa shape index (κ3) is 2.41. The van der Waals surface area contributed by atoms with Gasteiger partial charge in [-0.25, -0.2) is 0 Å². The van der Waals surface area contributed by atoms with Gasteiger partial charge < -0.3 is 10.1 Å². The number of nitrogens with one attached hydrogen (secondary N) is 1. The summed E-state index contributed by atoms with van der Waals surface area (Å²) in [4.78, 5) is 13.1. The average molecular weight is 380 g/mol. The molecule has 1 spiro atoms. The molecule has 2 aromatic rings. The van der Waals surface area contributed by atoms with E-state index in [2.05, 4.69) is 54.6 Å². The summed E-state index contributed by atoms with van der Waals surface area (Å²) in [5.74, 6) is 1.06. The minimum atomic E-state index is -0.0125. The largest absolute Gasteiger partial charge is 0.373 e. The maximum Gasteiger partial charge on any atom is 0.269 e. The van der Waals surface area contributed by atoms with Crippen LogP contribution < -0.4 is 5.32 Å². The molecular weight excluding hydrogens is 350 g/mol. The number of fused-ring (bicyclic) bond motifs is 1. The number of hydrogen-bond acceptors (Lipinski definition) is 3. The van der Waals surface area contributed by atoms with E-state index in [1.54, 1.807) is 16.9 Å². The Balaban J connectivity index is 1.49. The molecule has 1 N–H and O–H groups in total. The molecule has 3 fully saturated rings. The summed E-state index contributed by atoms with van der Waals surface area (Å²) in [7, 11) is 1.82. The van der Waals surface area contributed by atoms with Gasteiger partial charge in [-0.1, -0.05) is 44.2 Å². The van der Waals surface area contributed by atoms with Gasteiger partial charge >= 0.3 is 0 Å². The lowest BCUT2D eigenvalue weighted by Crippen LogP contribution is -2.59. The number of benzene rings is 1. The molecule has 5 nitrogen and oxygen atoms in total. The lowest BCUT2D eigenvalue weighted by atomic mass is 9.59. The summed E-state index contributed by atoms with van der Waals surface area (Å²) < 4.78 is 7.97. The number of hydrogen-bond donors (Lipinski definition) is 1. The van der Waals surface area contributed by atoms with Crippen molar-refractivity contribution in [3.8, 4) is 0 Å². The zero-order chi connectivity index (χ0) is 19.5. The molecule has 0 radical (unpaired) electrons. The normalized spacial score (nSPS) is 35.5. The number of amides is 1. The van der Waals surface area contributed by atoms with E-state index in [1.165, 1.54) is 18.4 Å². The van der Waals surface area contributed by atoms with Crippen LogP contribution in [0.1, 0.15) is 55.3 Å². The number of carbonyl (C=O) groups excluding carboxylic acids is 1. The van der Waals surface area contributed by atoms with Gasteiger partial charge in [0, 0.05) is 25.9 Å². The Kier molecular flexibility index (Phi) is 3.96. The van der Waals surface area contributed by atoms with Crippen molar-refractivity contribution in [2.45, 2.75) is 45.3 Å². The van der Waals surface area contributed by atoms with Gasteiger partial charge in [0.1, 0.15) is 5.69 Å². The summed E-state index contributed by atoms with van der Waals surface area (Å²) in [6.07, 6.45) is 5.21. The highest BCUT2D eigenvalue weighted by Gasteiger charge is 2.68. The fraction of sp³-hybridized carbons (Fsp3) is 0.565. The fourth-order valence-corrected chi connectivity index (χ4v) is 6.56. The molecular formula is C23H29N3O2. The van der Waals surface area contributed by atoms with Crippen LogP contribution >= 0.6 is 0 Å². The lowest BCUT2D eigenvalue weighted by Gasteiger charge is -2.53. The third-order valence-electron chi connectivity index (χ3n) is 7.96. The van der Waals surface area contributed by atoms with Crippen LogP contribution in [0, 0.1) is 22.7 Å². The second-order valence-electron chi connectivity index (χ2n) is 9.50. The lowest BCUT2D eigenvalue weighted by molar-refractivity contribution is -0.120. The maximum atomic E-state index is 13.1. The summed E-state index contributed by atoms with van der Waals surface area (Å²) in [6.45, 7) is 5.44. The van der Waals surface area contributed by atoms with Crippen molar-refractivity contribution < 1.29 is 9.53 Å². The molecule has 3 aliphatic rings. The molecule has 0 unspecified atom stereocenters. The van der Waals surface area contributed by atoms with Gasteiger partial charge in [-0.2, -0.15) is 5.10 Å². The molecule has 148 valence electrons. The zero-order valence-electron chi connectivity index (χ0n) is 16.9. The quantitative estimate of drug-likeness (QED) is 0.884. The number of aryl methyl sites for hydroxylation is 1. The Morgan fingerprint density at radius 3 is 2.75 bits per heavy atom. The van der Waals surface area contributed by atoms with Gasteiger partial charge in [-0.05, 0) is 53.6 Å². The van der Waals surface area contributed by atoms with Crippen molar-refractivity contribution >= 4 is 5.91 Å². The Hall–Kier alpha value is -2.14. The van der Waals surface area contributed by atoms with Crippen molar-refractivity contribution in [2.24, 2.45) is 29.7 Å². The van der Waals surface area contributed by atoms with Crippen LogP contribution in [0.3, 0.4) is 0 Å². The Morgan fingerprint density at radius 1 is 1.25 bits per heavy atom. The van der Waals surface area contributed by atoms with Crippen molar-refractivity contribution in [1.29, 1.82) is 0 Å². The van der Waals surface area contributed by atoms with Crippen LogP contribution in [0.2, 0.25) is 0 Å². The third-order valence-corrected chi connectivity index (χ3v) is 7.96. The van der Waals surface area contributed by atoms with Crippen LogP contribution in [0.5, 0.6) is 0 Å². The van der Waals surface area contributed by atoms with Crippen LogP contribution in [0.15, 0.2) is 42.6 Å². The first-order valence-corrected chi connectivity index (χ1v) is 10.4. The monoisotopic (exact) mass is 379 g/mol. The van der Waals surface area contributed by atoms with Gasteiger partial charge in [0.05, 0.1) is 6.10 Å². The molecule has 2 aliphatic carbocycles. The molecule has 1 amide bonds. The van der Waals surface area contributed by atoms with Crippen LogP contribution in [-0.2, 0) is 11.8 Å². The molecule has 2 bridgehead atoms. The Bertz CT molecular complexity index is 890. The van der Waals surface area contributed by atoms with E-state index in [9.17, 15) is 4.79 Å². The second kappa shape index (κ2) is 6.18. The molecule has 2 heterocycles. The van der Waals surface area contributed by atoms with Gasteiger partial charge in [0.25, 0.3) is 5.91 Å². The van der Waals surface area contributed by atoms with E-state index in [4.69, 9.17) is 4.74 Å². The SMILES string of the molecule is Cn1nccc1C(=O)N[C@H]1C(C)(C)[C@@H]2C[C@@H]3[C@@H](c4ccccc4)OCC[C@@]31C2. The van der Waals surface area contributed by atoms with Gasteiger partial charge in [-0.15, -0.1) is 0 Å². The standard InChI is InChI=1S/C23H29N3O2/c1-22(2)16-13-17-19(15-7-5-4-6-8-15)28-12-10-23(17,14-16)21(22)25-20(27)18-9-11-24-26(18)3/h4-9,11,16-17,19,21H,10,12-14H2,1-3H3,(H,25,27)/t16-,17-,19-,21+,23-/m1/s1. The smallest absolute Gasteiger partial charge is 0.269 e. The minimum absolute atomic E-state index is 0.0125. The first-order valence-electron chi connectivity index (χ1n) is 10.4. The Morgan fingerprint density at radius 2 is 2.04 bits per heavy atom. The fourth-order valence-electron chi connectivity index (χ4n) is 6.56. The number of nitrogens with zero attached hydrogens (tertiary/aromatic N) is 2. The van der Waals surface area contributed by atoms with Crippen molar-refractivity contribution in [3.63, 3.8) is 0 Å². The topological polar surface area (TPSA) is 56.2 Å². The average Bonchev–Trinajstić information content (AvgIpc) is 3.34. The van der Waals surface area contributed by atoms with Crippen molar-refractivity contribution in [2.75, 3.05) is 6.61 Å². The predicted molar refractivity (Wildman–Crippen MR) is 107 cm³/mol. The highest BCUT2D eigenvalue weighted by atomic mass is 16.5. The van der Waals surface area contributed by atoms with E-state index in [0.717, 1.165) is 13.0 Å². The molecule has 1 saturated heterocycles. The van der Waals surface area contributed by atoms with E-state index >= 15 is 0 Å². The van der Waals surface area contributed by atoms with E-state index in [1.807, 2.05) is 7.05 Å². The molecule has 1 aromatic carbocycles. The van der Waals surface area contributed by atoms with E-state index in [0.29, 0.717) is 17.5 Å². The van der Waals surface area contributed by atoms with Crippen LogP contribution in [0.25, 0.3) is 0 Å². The molecule has 1 aliphatic heterocycles. The van der Waals surface area contributed by atoms with E-state index in [-0.39, 0.29) is 28.9 Å². The molecule has 2 saturated carbocycles. The Labute approximate surface area is 166 Å². The first-order chi connectivity index (χ1) is 13.4. The van der Waals surface area contributed by atoms with Crippen molar-refractivity contribution in [1.82, 2.24) is 15.1 Å². The van der Waals surface area contributed by atoms with E-state index < -0.39 is 0 Å².